The Morgan fingerprint density at radius 1 is 0.485 bits per heavy atom. The molecule has 2 nitrogen and oxygen atoms in total. The van der Waals surface area contributed by atoms with Crippen LogP contribution in [0.25, 0.3) is 0 Å². The zero-order chi connectivity index (χ0) is 24.4. The molecule has 0 aliphatic heterocycles. The van der Waals surface area contributed by atoms with Crippen molar-refractivity contribution in [2.24, 2.45) is 11.8 Å². The van der Waals surface area contributed by atoms with Gasteiger partial charge in [-0.3, -0.25) is 4.79 Å². The lowest BCUT2D eigenvalue weighted by atomic mass is 9.95. The van der Waals surface area contributed by atoms with Crippen LogP contribution in [-0.2, 0) is 4.79 Å². The van der Waals surface area contributed by atoms with Crippen molar-refractivity contribution in [2.45, 2.75) is 175 Å². The standard InChI is InChI=1S/C31H62O2/c1-29(26-22-18-16-19-23-27-30(2)31(3)33)25-21-17-14-12-10-8-6-4-5-7-9-11-13-15-20-24-28-32/h29-30,32H,4-28H2,1-3H3/t29?,30-/m0/s1. The Hall–Kier alpha value is -0.370. The zero-order valence-electron chi connectivity index (χ0n) is 23.2. The van der Waals surface area contributed by atoms with Crippen molar-refractivity contribution in [3.63, 3.8) is 0 Å². The second-order valence-electron chi connectivity index (χ2n) is 11.1. The molecule has 0 saturated heterocycles. The first-order chi connectivity index (χ1) is 16.1. The molecule has 0 fully saturated rings. The number of ketones is 1. The number of carbonyl (C=O) groups excluding carboxylic acids is 1. The summed E-state index contributed by atoms with van der Waals surface area (Å²) in [6.07, 6.45) is 32.7. The highest BCUT2D eigenvalue weighted by Crippen LogP contribution is 2.19. The molecule has 2 heteroatoms. The Bertz CT molecular complexity index is 392. The summed E-state index contributed by atoms with van der Waals surface area (Å²) < 4.78 is 0. The lowest BCUT2D eigenvalue weighted by molar-refractivity contribution is -0.120. The average Bonchev–Trinajstić information content (AvgIpc) is 2.80. The third kappa shape index (κ3) is 26.1. The van der Waals surface area contributed by atoms with Crippen LogP contribution in [0, 0.1) is 11.8 Å². The molecule has 0 aliphatic carbocycles. The van der Waals surface area contributed by atoms with Gasteiger partial charge < -0.3 is 5.11 Å². The molecular formula is C31H62O2. The maximum Gasteiger partial charge on any atom is 0.132 e. The van der Waals surface area contributed by atoms with Crippen molar-refractivity contribution >= 4 is 5.78 Å². The second-order valence-corrected chi connectivity index (χ2v) is 11.1. The van der Waals surface area contributed by atoms with E-state index < -0.39 is 0 Å². The summed E-state index contributed by atoms with van der Waals surface area (Å²) >= 11 is 0. The van der Waals surface area contributed by atoms with E-state index in [9.17, 15) is 4.79 Å². The topological polar surface area (TPSA) is 37.3 Å². The largest absolute Gasteiger partial charge is 0.396 e. The van der Waals surface area contributed by atoms with Crippen LogP contribution in [0.15, 0.2) is 0 Å². The van der Waals surface area contributed by atoms with Gasteiger partial charge >= 0.3 is 0 Å². The fourth-order valence-electron chi connectivity index (χ4n) is 4.90. The summed E-state index contributed by atoms with van der Waals surface area (Å²) in [6, 6.07) is 0. The van der Waals surface area contributed by atoms with Gasteiger partial charge in [-0.1, -0.05) is 155 Å². The number of aliphatic hydroxyl groups excluding tert-OH is 1. The van der Waals surface area contributed by atoms with Crippen LogP contribution in [0.4, 0.5) is 0 Å². The molecule has 0 saturated carbocycles. The molecule has 198 valence electrons. The molecular weight excluding hydrogens is 404 g/mol. The van der Waals surface area contributed by atoms with Gasteiger partial charge in [0.15, 0.2) is 0 Å². The van der Waals surface area contributed by atoms with E-state index in [0.29, 0.717) is 12.4 Å². The summed E-state index contributed by atoms with van der Waals surface area (Å²) in [6.45, 7) is 6.61. The van der Waals surface area contributed by atoms with E-state index in [-0.39, 0.29) is 5.92 Å². The molecule has 0 aliphatic rings. The van der Waals surface area contributed by atoms with Crippen molar-refractivity contribution in [3.8, 4) is 0 Å². The van der Waals surface area contributed by atoms with Crippen molar-refractivity contribution in [2.75, 3.05) is 6.61 Å². The maximum absolute atomic E-state index is 11.2. The summed E-state index contributed by atoms with van der Waals surface area (Å²) in [5, 5.41) is 8.77. The highest BCUT2D eigenvalue weighted by Gasteiger charge is 2.06. The van der Waals surface area contributed by atoms with Gasteiger partial charge in [0.25, 0.3) is 0 Å². The molecule has 0 aromatic carbocycles. The third-order valence-corrected chi connectivity index (χ3v) is 7.63. The highest BCUT2D eigenvalue weighted by molar-refractivity contribution is 5.77. The summed E-state index contributed by atoms with van der Waals surface area (Å²) in [5.41, 5.74) is 0. The minimum Gasteiger partial charge on any atom is -0.396 e. The van der Waals surface area contributed by atoms with Crippen molar-refractivity contribution < 1.29 is 9.90 Å². The summed E-state index contributed by atoms with van der Waals surface area (Å²) in [7, 11) is 0. The van der Waals surface area contributed by atoms with E-state index in [2.05, 4.69) is 13.8 Å². The van der Waals surface area contributed by atoms with Gasteiger partial charge in [-0.05, 0) is 25.7 Å². The Morgan fingerprint density at radius 2 is 0.758 bits per heavy atom. The number of unbranched alkanes of at least 4 members (excludes halogenated alkanes) is 19. The van der Waals surface area contributed by atoms with Gasteiger partial charge in [0, 0.05) is 12.5 Å². The van der Waals surface area contributed by atoms with Crippen LogP contribution >= 0.6 is 0 Å². The Kier molecular flexibility index (Phi) is 25.9. The van der Waals surface area contributed by atoms with E-state index in [1.807, 2.05) is 0 Å². The number of Topliss-reactive ketones (excluding diaryl/α,β-unsaturated/α-hetero) is 1. The SMILES string of the molecule is CC(=O)[C@@H](C)CCCCCCCC(C)CCCCCCCCCCCCCCCCCCO. The lowest BCUT2D eigenvalue weighted by Crippen LogP contribution is -2.05. The zero-order valence-corrected chi connectivity index (χ0v) is 23.2. The Morgan fingerprint density at radius 3 is 1.06 bits per heavy atom. The third-order valence-electron chi connectivity index (χ3n) is 7.63. The molecule has 0 rings (SSSR count). The monoisotopic (exact) mass is 466 g/mol. The van der Waals surface area contributed by atoms with Gasteiger partial charge in [0.05, 0.1) is 0 Å². The molecule has 0 aromatic heterocycles. The Balaban J connectivity index is 3.18. The quantitative estimate of drug-likeness (QED) is 0.122. The van der Waals surface area contributed by atoms with E-state index in [1.165, 1.54) is 141 Å². The van der Waals surface area contributed by atoms with Crippen LogP contribution in [0.1, 0.15) is 175 Å². The van der Waals surface area contributed by atoms with E-state index in [0.717, 1.165) is 18.8 Å². The molecule has 0 aromatic rings. The number of hydrogen-bond donors (Lipinski definition) is 1. The van der Waals surface area contributed by atoms with E-state index >= 15 is 0 Å². The van der Waals surface area contributed by atoms with Crippen LogP contribution in [0.5, 0.6) is 0 Å². The molecule has 0 radical (unpaired) electrons. The molecule has 1 unspecified atom stereocenters. The van der Waals surface area contributed by atoms with Gasteiger partial charge in [0.2, 0.25) is 0 Å². The maximum atomic E-state index is 11.2. The van der Waals surface area contributed by atoms with Crippen LogP contribution in [0.2, 0.25) is 0 Å². The van der Waals surface area contributed by atoms with Gasteiger partial charge in [-0.2, -0.15) is 0 Å². The van der Waals surface area contributed by atoms with Crippen molar-refractivity contribution in [1.82, 2.24) is 0 Å². The fraction of sp³-hybridized carbons (Fsp3) is 0.968. The second kappa shape index (κ2) is 26.2. The molecule has 0 heterocycles. The lowest BCUT2D eigenvalue weighted by Gasteiger charge is -2.11. The number of hydrogen-bond acceptors (Lipinski definition) is 2. The molecule has 0 spiro atoms. The number of rotatable bonds is 27. The van der Waals surface area contributed by atoms with Crippen LogP contribution in [-0.4, -0.2) is 17.5 Å². The van der Waals surface area contributed by atoms with Gasteiger partial charge in [-0.15, -0.1) is 0 Å². The predicted octanol–water partition coefficient (Wildman–Crippen LogP) is 10.2. The minimum absolute atomic E-state index is 0.268. The first kappa shape index (κ1) is 32.6. The molecule has 33 heavy (non-hydrogen) atoms. The highest BCUT2D eigenvalue weighted by atomic mass is 16.2. The van der Waals surface area contributed by atoms with E-state index in [1.54, 1.807) is 6.92 Å². The molecule has 2 atom stereocenters. The smallest absolute Gasteiger partial charge is 0.132 e. The molecule has 1 N–H and O–H groups in total. The summed E-state index contributed by atoms with van der Waals surface area (Å²) in [4.78, 5) is 11.2. The fourth-order valence-corrected chi connectivity index (χ4v) is 4.90. The first-order valence-corrected chi connectivity index (χ1v) is 15.2. The number of aliphatic hydroxyl groups is 1. The van der Waals surface area contributed by atoms with Gasteiger partial charge in [-0.25, -0.2) is 0 Å². The minimum atomic E-state index is 0.268. The Labute approximate surface area is 209 Å². The number of carbonyl (C=O) groups is 1. The normalized spacial score (nSPS) is 13.3. The van der Waals surface area contributed by atoms with Crippen LogP contribution in [0.3, 0.4) is 0 Å². The van der Waals surface area contributed by atoms with Crippen molar-refractivity contribution in [1.29, 1.82) is 0 Å². The van der Waals surface area contributed by atoms with Gasteiger partial charge in [0.1, 0.15) is 5.78 Å². The predicted molar refractivity (Wildman–Crippen MR) is 147 cm³/mol. The van der Waals surface area contributed by atoms with E-state index in [4.69, 9.17) is 5.11 Å². The molecule has 0 bridgehead atoms. The first-order valence-electron chi connectivity index (χ1n) is 15.2. The molecule has 0 amide bonds. The van der Waals surface area contributed by atoms with Crippen molar-refractivity contribution in [3.05, 3.63) is 0 Å². The van der Waals surface area contributed by atoms with Crippen LogP contribution < -0.4 is 0 Å². The summed E-state index contributed by atoms with van der Waals surface area (Å²) in [5.74, 6) is 1.52. The average molecular weight is 467 g/mol.